The van der Waals surface area contributed by atoms with Crippen LogP contribution in [0.4, 0.5) is 0 Å². The van der Waals surface area contributed by atoms with Gasteiger partial charge in [-0.3, -0.25) is 0 Å². The van der Waals surface area contributed by atoms with Crippen molar-refractivity contribution in [3.63, 3.8) is 0 Å². The molecule has 0 radical (unpaired) electrons. The molecule has 1 aromatic heterocycles. The maximum Gasteiger partial charge on any atom is 0.219 e. The quantitative estimate of drug-likeness (QED) is 0.902. The fourth-order valence-corrected chi connectivity index (χ4v) is 1.63. The average molecular weight is 249 g/mol. The Bertz CT molecular complexity index is 502. The molecular formula is C13H13ClN2O. The summed E-state index contributed by atoms with van der Waals surface area (Å²) in [5, 5.41) is 3.65. The summed E-state index contributed by atoms with van der Waals surface area (Å²) in [5.41, 5.74) is 1.12. The van der Waals surface area contributed by atoms with Crippen LogP contribution in [0.2, 0.25) is 5.02 Å². The van der Waals surface area contributed by atoms with Crippen molar-refractivity contribution in [2.75, 3.05) is 7.05 Å². The van der Waals surface area contributed by atoms with E-state index < -0.39 is 0 Å². The van der Waals surface area contributed by atoms with E-state index in [1.54, 1.807) is 12.3 Å². The molecule has 0 aliphatic heterocycles. The Labute approximate surface area is 105 Å². The molecule has 3 nitrogen and oxygen atoms in total. The van der Waals surface area contributed by atoms with E-state index in [4.69, 9.17) is 16.3 Å². The number of benzene rings is 1. The average Bonchev–Trinajstić information content (AvgIpc) is 2.33. The highest BCUT2D eigenvalue weighted by Gasteiger charge is 2.03. The molecule has 0 aliphatic carbocycles. The van der Waals surface area contributed by atoms with Crippen molar-refractivity contribution in [2.45, 2.75) is 6.54 Å². The number of ether oxygens (including phenoxy) is 1. The van der Waals surface area contributed by atoms with E-state index in [9.17, 15) is 0 Å². The van der Waals surface area contributed by atoms with E-state index in [0.717, 1.165) is 12.1 Å². The number of para-hydroxylation sites is 1. The minimum atomic E-state index is 0.547. The fraction of sp³-hybridized carbons (Fsp3) is 0.154. The van der Waals surface area contributed by atoms with Gasteiger partial charge in [0, 0.05) is 18.8 Å². The fourth-order valence-electron chi connectivity index (χ4n) is 1.46. The van der Waals surface area contributed by atoms with Crippen molar-refractivity contribution in [3.05, 3.63) is 53.2 Å². The molecule has 88 valence electrons. The Morgan fingerprint density at radius 3 is 2.88 bits per heavy atom. The first-order chi connectivity index (χ1) is 8.29. The molecule has 0 unspecified atom stereocenters. The number of nitrogens with zero attached hydrogens (tertiary/aromatic N) is 1. The maximum atomic E-state index is 6.01. The van der Waals surface area contributed by atoms with Crippen LogP contribution in [-0.2, 0) is 6.54 Å². The van der Waals surface area contributed by atoms with Crippen molar-refractivity contribution in [2.24, 2.45) is 0 Å². The monoisotopic (exact) mass is 248 g/mol. The van der Waals surface area contributed by atoms with Gasteiger partial charge >= 0.3 is 0 Å². The van der Waals surface area contributed by atoms with E-state index in [1.807, 2.05) is 37.4 Å². The van der Waals surface area contributed by atoms with Crippen LogP contribution in [0.15, 0.2) is 42.6 Å². The summed E-state index contributed by atoms with van der Waals surface area (Å²) in [6, 6.07) is 11.2. The van der Waals surface area contributed by atoms with Crippen molar-refractivity contribution in [3.8, 4) is 11.6 Å². The Balaban J connectivity index is 2.18. The van der Waals surface area contributed by atoms with Gasteiger partial charge in [-0.05, 0) is 30.8 Å². The van der Waals surface area contributed by atoms with Crippen molar-refractivity contribution in [1.29, 1.82) is 0 Å². The molecule has 2 rings (SSSR count). The van der Waals surface area contributed by atoms with Gasteiger partial charge in [-0.25, -0.2) is 4.98 Å². The molecule has 0 amide bonds. The number of hydrogen-bond donors (Lipinski definition) is 1. The van der Waals surface area contributed by atoms with E-state index in [0.29, 0.717) is 16.7 Å². The van der Waals surface area contributed by atoms with Crippen LogP contribution >= 0.6 is 11.6 Å². The SMILES string of the molecule is CNCc1ccnc(Oc2ccccc2Cl)c1. The zero-order chi connectivity index (χ0) is 12.1. The number of rotatable bonds is 4. The predicted molar refractivity (Wildman–Crippen MR) is 68.5 cm³/mol. The normalized spacial score (nSPS) is 10.2. The first-order valence-electron chi connectivity index (χ1n) is 5.31. The summed E-state index contributed by atoms with van der Waals surface area (Å²) in [5.74, 6) is 1.16. The standard InChI is InChI=1S/C13H13ClN2O/c1-15-9-10-6-7-16-13(8-10)17-12-5-3-2-4-11(12)14/h2-8,15H,9H2,1H3. The highest BCUT2D eigenvalue weighted by molar-refractivity contribution is 6.32. The van der Waals surface area contributed by atoms with Crippen molar-refractivity contribution >= 4 is 11.6 Å². The lowest BCUT2D eigenvalue weighted by Gasteiger charge is -2.07. The lowest BCUT2D eigenvalue weighted by molar-refractivity contribution is 0.462. The van der Waals surface area contributed by atoms with Crippen LogP contribution < -0.4 is 10.1 Å². The number of hydrogen-bond acceptors (Lipinski definition) is 3. The summed E-state index contributed by atoms with van der Waals surface area (Å²) in [7, 11) is 1.90. The number of pyridine rings is 1. The molecule has 0 spiro atoms. The second-order valence-electron chi connectivity index (χ2n) is 3.57. The Kier molecular flexibility index (Phi) is 3.96. The second-order valence-corrected chi connectivity index (χ2v) is 3.97. The highest BCUT2D eigenvalue weighted by atomic mass is 35.5. The number of nitrogens with one attached hydrogen (secondary N) is 1. The summed E-state index contributed by atoms with van der Waals surface area (Å²) in [4.78, 5) is 4.15. The lowest BCUT2D eigenvalue weighted by Crippen LogP contribution is -2.05. The van der Waals surface area contributed by atoms with Crippen LogP contribution in [0.1, 0.15) is 5.56 Å². The Morgan fingerprint density at radius 1 is 1.29 bits per heavy atom. The molecule has 0 fully saturated rings. The highest BCUT2D eigenvalue weighted by Crippen LogP contribution is 2.27. The molecule has 0 aliphatic rings. The van der Waals surface area contributed by atoms with Crippen LogP contribution in [0, 0.1) is 0 Å². The lowest BCUT2D eigenvalue weighted by atomic mass is 10.2. The minimum Gasteiger partial charge on any atom is -0.437 e. The third-order valence-corrected chi connectivity index (χ3v) is 2.54. The van der Waals surface area contributed by atoms with Gasteiger partial charge in [0.2, 0.25) is 5.88 Å². The van der Waals surface area contributed by atoms with Crippen LogP contribution in [0.5, 0.6) is 11.6 Å². The van der Waals surface area contributed by atoms with E-state index in [1.165, 1.54) is 0 Å². The zero-order valence-electron chi connectivity index (χ0n) is 9.48. The van der Waals surface area contributed by atoms with Gasteiger partial charge in [0.25, 0.3) is 0 Å². The van der Waals surface area contributed by atoms with Crippen LogP contribution in [-0.4, -0.2) is 12.0 Å². The van der Waals surface area contributed by atoms with E-state index in [-0.39, 0.29) is 0 Å². The molecule has 0 atom stereocenters. The van der Waals surface area contributed by atoms with Gasteiger partial charge in [-0.15, -0.1) is 0 Å². The molecule has 4 heteroatoms. The minimum absolute atomic E-state index is 0.547. The molecule has 0 saturated heterocycles. The third kappa shape index (κ3) is 3.19. The van der Waals surface area contributed by atoms with Gasteiger partial charge in [0.05, 0.1) is 5.02 Å². The second kappa shape index (κ2) is 5.66. The number of aromatic nitrogens is 1. The molecule has 1 aromatic carbocycles. The van der Waals surface area contributed by atoms with Gasteiger partial charge in [0.1, 0.15) is 5.75 Å². The molecular weight excluding hydrogens is 236 g/mol. The molecule has 17 heavy (non-hydrogen) atoms. The van der Waals surface area contributed by atoms with Crippen LogP contribution in [0.25, 0.3) is 0 Å². The summed E-state index contributed by atoms with van der Waals surface area (Å²) >= 11 is 6.01. The van der Waals surface area contributed by atoms with Gasteiger partial charge < -0.3 is 10.1 Å². The smallest absolute Gasteiger partial charge is 0.219 e. The van der Waals surface area contributed by atoms with E-state index >= 15 is 0 Å². The van der Waals surface area contributed by atoms with Gasteiger partial charge in [-0.1, -0.05) is 23.7 Å². The van der Waals surface area contributed by atoms with Crippen molar-refractivity contribution < 1.29 is 4.74 Å². The Hall–Kier alpha value is -1.58. The summed E-state index contributed by atoms with van der Waals surface area (Å²) in [6.45, 7) is 0.779. The maximum absolute atomic E-state index is 6.01. The van der Waals surface area contributed by atoms with Gasteiger partial charge in [0.15, 0.2) is 0 Å². The number of halogens is 1. The van der Waals surface area contributed by atoms with Crippen LogP contribution in [0.3, 0.4) is 0 Å². The molecule has 1 N–H and O–H groups in total. The Morgan fingerprint density at radius 2 is 2.12 bits per heavy atom. The van der Waals surface area contributed by atoms with Crippen molar-refractivity contribution in [1.82, 2.24) is 10.3 Å². The largest absolute Gasteiger partial charge is 0.437 e. The zero-order valence-corrected chi connectivity index (χ0v) is 10.2. The molecule has 0 saturated carbocycles. The first-order valence-corrected chi connectivity index (χ1v) is 5.69. The molecule has 0 bridgehead atoms. The molecule has 1 heterocycles. The topological polar surface area (TPSA) is 34.2 Å². The predicted octanol–water partition coefficient (Wildman–Crippen LogP) is 3.25. The first kappa shape index (κ1) is 11.9. The van der Waals surface area contributed by atoms with E-state index in [2.05, 4.69) is 10.3 Å². The summed E-state index contributed by atoms with van der Waals surface area (Å²) < 4.78 is 5.63. The molecule has 2 aromatic rings. The summed E-state index contributed by atoms with van der Waals surface area (Å²) in [6.07, 6.45) is 1.72. The third-order valence-electron chi connectivity index (χ3n) is 2.23. The van der Waals surface area contributed by atoms with Gasteiger partial charge in [-0.2, -0.15) is 0 Å².